The molecule has 2 fully saturated rings. The Kier molecular flexibility index (Phi) is 11.6. The minimum absolute atomic E-state index is 0.0215. The number of piperidine rings is 1. The van der Waals surface area contributed by atoms with E-state index < -0.39 is 28.2 Å². The van der Waals surface area contributed by atoms with Crippen LogP contribution in [0.3, 0.4) is 0 Å². The number of hydrogen-bond acceptors (Lipinski definition) is 8. The number of nitrogens with zero attached hydrogens (tertiary/aromatic N) is 3. The van der Waals surface area contributed by atoms with Crippen LogP contribution in [-0.2, 0) is 14.8 Å². The van der Waals surface area contributed by atoms with Gasteiger partial charge in [-0.25, -0.2) is 22.3 Å². The van der Waals surface area contributed by atoms with Gasteiger partial charge >= 0.3 is 18.2 Å². The summed E-state index contributed by atoms with van der Waals surface area (Å²) in [7, 11) is -3.17. The highest BCUT2D eigenvalue weighted by atomic mass is 32.2. The van der Waals surface area contributed by atoms with E-state index in [2.05, 4.69) is 32.9 Å². The molecule has 0 bridgehead atoms. The molecular formula is C25H32F3N7O6S2. The van der Waals surface area contributed by atoms with Crippen molar-refractivity contribution in [3.05, 3.63) is 33.8 Å². The molecular weight excluding hydrogens is 615 g/mol. The zero-order chi connectivity index (χ0) is 31.8. The lowest BCUT2D eigenvalue weighted by molar-refractivity contribution is -0.192. The summed E-state index contributed by atoms with van der Waals surface area (Å²) in [5, 5.41) is 20.4. The largest absolute Gasteiger partial charge is 0.490 e. The molecule has 2 aliphatic heterocycles. The highest BCUT2D eigenvalue weighted by Gasteiger charge is 2.38. The first-order chi connectivity index (χ1) is 20.1. The first-order valence-corrected chi connectivity index (χ1v) is 15.8. The van der Waals surface area contributed by atoms with Gasteiger partial charge in [0.05, 0.1) is 34.6 Å². The molecule has 0 spiro atoms. The number of primary amides is 1. The maximum atomic E-state index is 13.0. The number of carboxylic acid groups (broad SMARTS) is 1. The van der Waals surface area contributed by atoms with Crippen molar-refractivity contribution in [2.45, 2.75) is 50.4 Å². The summed E-state index contributed by atoms with van der Waals surface area (Å²) in [4.78, 5) is 34.3. The van der Waals surface area contributed by atoms with Crippen LogP contribution in [0.2, 0.25) is 0 Å². The van der Waals surface area contributed by atoms with Crippen LogP contribution in [0.4, 0.5) is 23.7 Å². The van der Waals surface area contributed by atoms with Gasteiger partial charge in [-0.15, -0.1) is 11.3 Å². The number of carbonyl (C=O) groups excluding carboxylic acids is 2. The lowest BCUT2D eigenvalue weighted by Crippen LogP contribution is -2.40. The number of carboxylic acids is 1. The van der Waals surface area contributed by atoms with Crippen LogP contribution < -0.4 is 21.7 Å². The van der Waals surface area contributed by atoms with Gasteiger partial charge in [-0.05, 0) is 38.3 Å². The van der Waals surface area contributed by atoms with E-state index in [4.69, 9.17) is 15.6 Å². The molecule has 13 nitrogen and oxygen atoms in total. The monoisotopic (exact) mass is 647 g/mol. The fourth-order valence-electron chi connectivity index (χ4n) is 4.41. The van der Waals surface area contributed by atoms with E-state index in [1.807, 2.05) is 10.9 Å². The Hall–Kier alpha value is -3.66. The molecule has 2 aliphatic rings. The van der Waals surface area contributed by atoms with Crippen LogP contribution in [-0.4, -0.2) is 90.2 Å². The van der Waals surface area contributed by atoms with Gasteiger partial charge in [0, 0.05) is 31.9 Å². The summed E-state index contributed by atoms with van der Waals surface area (Å²) < 4.78 is 58.5. The van der Waals surface area contributed by atoms with Crippen molar-refractivity contribution < 1.29 is 41.1 Å². The van der Waals surface area contributed by atoms with E-state index in [0.717, 1.165) is 25.8 Å². The highest BCUT2D eigenvalue weighted by molar-refractivity contribution is 7.88. The maximum absolute atomic E-state index is 13.0. The molecule has 2 aromatic rings. The van der Waals surface area contributed by atoms with Gasteiger partial charge in [-0.3, -0.25) is 9.48 Å². The molecule has 2 aromatic heterocycles. The number of hydrogen-bond donors (Lipinski definition) is 5. The van der Waals surface area contributed by atoms with E-state index in [1.54, 1.807) is 12.3 Å². The molecule has 0 aliphatic carbocycles. The molecule has 236 valence electrons. The Morgan fingerprint density at radius 3 is 2.47 bits per heavy atom. The second-order valence-electron chi connectivity index (χ2n) is 9.87. The van der Waals surface area contributed by atoms with Gasteiger partial charge in [-0.2, -0.15) is 18.3 Å². The molecule has 0 saturated carbocycles. The Bertz CT molecular complexity index is 1460. The first kappa shape index (κ1) is 33.8. The number of sulfonamides is 1. The fraction of sp³-hybridized carbons (Fsp3) is 0.520. The number of halogens is 3. The highest BCUT2D eigenvalue weighted by Crippen LogP contribution is 2.28. The van der Waals surface area contributed by atoms with Gasteiger partial charge in [0.1, 0.15) is 4.88 Å². The Balaban J connectivity index is 0.000000646. The van der Waals surface area contributed by atoms with Crippen LogP contribution in [0.15, 0.2) is 18.5 Å². The number of aliphatic carboxylic acids is 1. The molecule has 6 N–H and O–H groups in total. The number of aromatic nitrogens is 2. The van der Waals surface area contributed by atoms with E-state index >= 15 is 0 Å². The summed E-state index contributed by atoms with van der Waals surface area (Å²) in [6.07, 6.45) is 4.04. The summed E-state index contributed by atoms with van der Waals surface area (Å²) >= 11 is 1.19. The lowest BCUT2D eigenvalue weighted by atomic mass is 10.1. The summed E-state index contributed by atoms with van der Waals surface area (Å²) in [5.74, 6) is 3.09. The number of nitrogens with two attached hydrogens (primary N) is 1. The Morgan fingerprint density at radius 1 is 1.19 bits per heavy atom. The van der Waals surface area contributed by atoms with E-state index in [0.29, 0.717) is 53.5 Å². The average Bonchev–Trinajstić information content (AvgIpc) is 3.47. The van der Waals surface area contributed by atoms with Crippen LogP contribution in [0.1, 0.15) is 58.3 Å². The zero-order valence-corrected chi connectivity index (χ0v) is 24.7. The van der Waals surface area contributed by atoms with Crippen molar-refractivity contribution in [3.63, 3.8) is 0 Å². The number of anilines is 1. The number of nitrogens with one attached hydrogen (secondary N) is 3. The third kappa shape index (κ3) is 10.5. The molecule has 0 radical (unpaired) electrons. The Morgan fingerprint density at radius 2 is 1.86 bits per heavy atom. The van der Waals surface area contributed by atoms with E-state index in [9.17, 15) is 31.2 Å². The quantitative estimate of drug-likeness (QED) is 0.305. The van der Waals surface area contributed by atoms with Crippen molar-refractivity contribution in [2.24, 2.45) is 5.73 Å². The van der Waals surface area contributed by atoms with Crippen LogP contribution in [0.5, 0.6) is 0 Å². The van der Waals surface area contributed by atoms with Gasteiger partial charge in [0.2, 0.25) is 10.0 Å². The fourth-order valence-corrected chi connectivity index (χ4v) is 6.16. The average molecular weight is 648 g/mol. The predicted molar refractivity (Wildman–Crippen MR) is 152 cm³/mol. The minimum atomic E-state index is -5.08. The van der Waals surface area contributed by atoms with Crippen molar-refractivity contribution in [1.82, 2.24) is 24.7 Å². The second-order valence-corrected chi connectivity index (χ2v) is 12.9. The molecule has 1 atom stereocenters. The second kappa shape index (κ2) is 14.7. The zero-order valence-electron chi connectivity index (χ0n) is 23.1. The Labute approximate surface area is 250 Å². The minimum Gasteiger partial charge on any atom is -0.475 e. The van der Waals surface area contributed by atoms with Crippen molar-refractivity contribution in [1.29, 1.82) is 0 Å². The van der Waals surface area contributed by atoms with Gasteiger partial charge in [0.25, 0.3) is 5.91 Å². The molecule has 0 unspecified atom stereocenters. The number of thiophene rings is 1. The van der Waals surface area contributed by atoms with Crippen LogP contribution in [0, 0.1) is 11.8 Å². The summed E-state index contributed by atoms with van der Waals surface area (Å²) in [6.45, 7) is 2.59. The predicted octanol–water partition coefficient (Wildman–Crippen LogP) is 1.94. The van der Waals surface area contributed by atoms with E-state index in [-0.39, 0.29) is 18.0 Å². The summed E-state index contributed by atoms with van der Waals surface area (Å²) in [6, 6.07) is 1.03. The SMILES string of the molecule is CS(=O)(=O)N1CCC(n2cc(C#Cc3cc(NC(N)=O)c(C(=O)N[C@H]4CCCCNC4)s3)cn2)CC1.O=C(O)C(F)(F)F. The van der Waals surface area contributed by atoms with Crippen molar-refractivity contribution >= 4 is 45.0 Å². The number of rotatable bonds is 5. The van der Waals surface area contributed by atoms with Crippen molar-refractivity contribution in [3.8, 4) is 11.8 Å². The van der Waals surface area contributed by atoms with Crippen LogP contribution >= 0.6 is 11.3 Å². The number of amides is 3. The van der Waals surface area contributed by atoms with Gasteiger partial charge in [-0.1, -0.05) is 18.3 Å². The lowest BCUT2D eigenvalue weighted by Gasteiger charge is -2.30. The number of urea groups is 1. The van der Waals surface area contributed by atoms with Crippen LogP contribution in [0.25, 0.3) is 0 Å². The molecule has 43 heavy (non-hydrogen) atoms. The first-order valence-electron chi connectivity index (χ1n) is 13.2. The van der Waals surface area contributed by atoms with Crippen molar-refractivity contribution in [2.75, 3.05) is 37.8 Å². The van der Waals surface area contributed by atoms with E-state index in [1.165, 1.54) is 21.9 Å². The molecule has 4 heterocycles. The van der Waals surface area contributed by atoms with Gasteiger partial charge < -0.3 is 26.8 Å². The maximum Gasteiger partial charge on any atom is 0.490 e. The molecule has 3 amide bonds. The standard InChI is InChI=1S/C23H31N7O4S2.C2HF3O2/c1-36(33,34)29-10-7-18(8-11-29)30-15-16(13-26-30)5-6-19-12-20(28-23(24)32)21(35-19)22(31)27-17-4-2-3-9-25-14-17;3-2(4,5)1(6)7/h12-13,15,17-18,25H,2-4,7-11,14H2,1H3,(H,27,31)(H3,24,28,32);(H,6,7)/t17-;/m0./s1. The van der Waals surface area contributed by atoms with Gasteiger partial charge in [0.15, 0.2) is 0 Å². The number of carbonyl (C=O) groups is 3. The molecule has 4 rings (SSSR count). The molecule has 18 heteroatoms. The topological polar surface area (TPSA) is 189 Å². The third-order valence-electron chi connectivity index (χ3n) is 6.52. The third-order valence-corrected chi connectivity index (χ3v) is 8.87. The normalized spacial score (nSPS) is 18.3. The summed E-state index contributed by atoms with van der Waals surface area (Å²) in [5.41, 5.74) is 6.35. The molecule has 2 saturated heterocycles. The number of alkyl halides is 3. The smallest absolute Gasteiger partial charge is 0.475 e. The molecule has 0 aromatic carbocycles.